The molecule has 21 heteroatoms. The third kappa shape index (κ3) is 30.9. The standard InChI is InChI=1S/4C2HF3O2.Pb/c4*3-2(4,5)1(6)7;/h4*(H,6,7);/q;;;;+4/p-4. The fraction of sp³-hybridized carbons (Fsp3) is 0.500. The Balaban J connectivity index is -0.0000000873. The molecule has 0 aromatic rings. The molecule has 0 aromatic carbocycles. The van der Waals surface area contributed by atoms with E-state index in [4.69, 9.17) is 39.6 Å². The average Bonchev–Trinajstić information content (AvgIpc) is 2.35. The van der Waals surface area contributed by atoms with Gasteiger partial charge in [0.05, 0.1) is 0 Å². The van der Waals surface area contributed by atoms with Gasteiger partial charge in [-0.25, -0.2) is 0 Å². The van der Waals surface area contributed by atoms with Gasteiger partial charge in [-0.3, -0.25) is 0 Å². The largest absolute Gasteiger partial charge is 4.00 e. The molecule has 0 heterocycles. The molecule has 0 rings (SSSR count). The fourth-order valence-electron chi connectivity index (χ4n) is 0. The first-order chi connectivity index (χ1) is 11.8. The molecule has 0 saturated heterocycles. The normalized spacial score (nSPS) is 10.9. The topological polar surface area (TPSA) is 161 Å². The molecule has 0 aliphatic rings. The van der Waals surface area contributed by atoms with Gasteiger partial charge in [-0.1, -0.05) is 0 Å². The zero-order valence-corrected chi connectivity index (χ0v) is 16.2. The zero-order chi connectivity index (χ0) is 24.3. The van der Waals surface area contributed by atoms with Gasteiger partial charge in [0.2, 0.25) is 0 Å². The van der Waals surface area contributed by atoms with Crippen LogP contribution in [0, 0.1) is 0 Å². The van der Waals surface area contributed by atoms with Gasteiger partial charge >= 0.3 is 52.0 Å². The monoisotopic (exact) mass is 660 g/mol. The summed E-state index contributed by atoms with van der Waals surface area (Å²) in [6, 6.07) is 0. The Hall–Kier alpha value is -2.04. The molecule has 29 heavy (non-hydrogen) atoms. The van der Waals surface area contributed by atoms with E-state index in [-0.39, 0.29) is 27.3 Å². The van der Waals surface area contributed by atoms with Crippen molar-refractivity contribution in [3.05, 3.63) is 0 Å². The van der Waals surface area contributed by atoms with Crippen molar-refractivity contribution in [2.75, 3.05) is 0 Å². The number of carbonyl (C=O) groups excluding carboxylic acids is 4. The molecule has 0 aliphatic heterocycles. The van der Waals surface area contributed by atoms with Crippen LogP contribution >= 0.6 is 0 Å². The fourth-order valence-corrected chi connectivity index (χ4v) is 0. The van der Waals surface area contributed by atoms with E-state index in [2.05, 4.69) is 0 Å². The van der Waals surface area contributed by atoms with Crippen molar-refractivity contribution >= 4 is 51.2 Å². The molecule has 0 fully saturated rings. The van der Waals surface area contributed by atoms with Crippen molar-refractivity contribution < 1.29 is 92.3 Å². The van der Waals surface area contributed by atoms with Gasteiger partial charge in [0.15, 0.2) is 0 Å². The molecule has 0 aromatic heterocycles. The van der Waals surface area contributed by atoms with E-state index in [1.165, 1.54) is 0 Å². The number of aliphatic carboxylic acids is 4. The van der Waals surface area contributed by atoms with Gasteiger partial charge in [0, 0.05) is 0 Å². The third-order valence-electron chi connectivity index (χ3n) is 0.926. The SMILES string of the molecule is O=C([O-])C(F)(F)F.O=C([O-])C(F)(F)F.O=C([O-])C(F)(F)F.O=C([O-])C(F)(F)F.[Pb+4]. The molecular formula is C8F12O8Pb. The summed E-state index contributed by atoms with van der Waals surface area (Å²) in [5, 5.41) is 35.1. The summed E-state index contributed by atoms with van der Waals surface area (Å²) in [6.07, 6.45) is -20.8. The van der Waals surface area contributed by atoms with Crippen LogP contribution < -0.4 is 20.4 Å². The Morgan fingerprint density at radius 1 is 0.379 bits per heavy atom. The van der Waals surface area contributed by atoms with Crippen LogP contribution in [0.5, 0.6) is 0 Å². The van der Waals surface area contributed by atoms with E-state index in [0.717, 1.165) is 0 Å². The molecule has 0 aliphatic carbocycles. The minimum absolute atomic E-state index is 0. The van der Waals surface area contributed by atoms with Crippen LogP contribution in [-0.4, -0.2) is 75.9 Å². The van der Waals surface area contributed by atoms with Gasteiger partial charge in [0.25, 0.3) is 0 Å². The van der Waals surface area contributed by atoms with Crippen molar-refractivity contribution in [2.24, 2.45) is 0 Å². The van der Waals surface area contributed by atoms with Crippen LogP contribution in [-0.2, 0) is 19.2 Å². The Morgan fingerprint density at radius 3 is 0.414 bits per heavy atom. The summed E-state index contributed by atoms with van der Waals surface area (Å²) in [5.41, 5.74) is 0. The van der Waals surface area contributed by atoms with Crippen LogP contribution in [0.4, 0.5) is 52.7 Å². The number of carboxylic acids is 4. The zero-order valence-electron chi connectivity index (χ0n) is 12.3. The van der Waals surface area contributed by atoms with Crippen molar-refractivity contribution in [3.63, 3.8) is 0 Å². The Morgan fingerprint density at radius 2 is 0.414 bits per heavy atom. The van der Waals surface area contributed by atoms with Gasteiger partial charge in [-0.15, -0.1) is 0 Å². The third-order valence-corrected chi connectivity index (χ3v) is 0.926. The van der Waals surface area contributed by atoms with Crippen molar-refractivity contribution in [3.8, 4) is 0 Å². The van der Waals surface area contributed by atoms with Crippen LogP contribution in [0.2, 0.25) is 0 Å². The Bertz CT molecular complexity index is 436. The maximum atomic E-state index is 10.5. The number of alkyl halides is 12. The molecule has 0 amide bonds. The first-order valence-corrected chi connectivity index (χ1v) is 4.90. The van der Waals surface area contributed by atoms with Gasteiger partial charge in [-0.2, -0.15) is 52.7 Å². The smallest absolute Gasteiger partial charge is 0.542 e. The first kappa shape index (κ1) is 37.7. The number of hydrogen-bond acceptors (Lipinski definition) is 8. The Labute approximate surface area is 168 Å². The summed E-state index contributed by atoms with van der Waals surface area (Å²) in [4.78, 5) is 35.1. The van der Waals surface area contributed by atoms with Gasteiger partial charge in [-0.05, 0) is 0 Å². The predicted molar refractivity (Wildman–Crippen MR) is 50.0 cm³/mol. The molecule has 0 bridgehead atoms. The molecule has 0 N–H and O–H groups in total. The predicted octanol–water partition coefficient (Wildman–Crippen LogP) is -3.19. The number of halogens is 12. The van der Waals surface area contributed by atoms with Gasteiger partial charge < -0.3 is 39.6 Å². The summed E-state index contributed by atoms with van der Waals surface area (Å²) in [5.74, 6) is -12.0. The second-order valence-corrected chi connectivity index (χ2v) is 3.14. The van der Waals surface area contributed by atoms with Crippen molar-refractivity contribution in [1.29, 1.82) is 0 Å². The first-order valence-electron chi connectivity index (χ1n) is 4.90. The van der Waals surface area contributed by atoms with E-state index in [1.54, 1.807) is 0 Å². The molecule has 0 saturated carbocycles. The molecule has 0 spiro atoms. The number of carboxylic acid groups (broad SMARTS) is 4. The van der Waals surface area contributed by atoms with Crippen molar-refractivity contribution in [1.82, 2.24) is 0 Å². The molecular weight excluding hydrogens is 659 g/mol. The van der Waals surface area contributed by atoms with E-state index < -0.39 is 48.6 Å². The number of hydrogen-bond donors (Lipinski definition) is 0. The van der Waals surface area contributed by atoms with Gasteiger partial charge in [0.1, 0.15) is 23.9 Å². The quantitative estimate of drug-likeness (QED) is 0.194. The minimum atomic E-state index is -5.19. The maximum Gasteiger partial charge on any atom is 4.00 e. The Kier molecular flexibility index (Phi) is 18.2. The second kappa shape index (κ2) is 14.0. The molecule has 8 nitrogen and oxygen atoms in total. The number of rotatable bonds is 0. The van der Waals surface area contributed by atoms with Crippen molar-refractivity contribution in [2.45, 2.75) is 24.7 Å². The molecule has 0 unspecified atom stereocenters. The second-order valence-electron chi connectivity index (χ2n) is 3.14. The summed E-state index contributed by atoms with van der Waals surface area (Å²) in [7, 11) is 0. The summed E-state index contributed by atoms with van der Waals surface area (Å²) >= 11 is 0. The average molecular weight is 659 g/mol. The van der Waals surface area contributed by atoms with E-state index >= 15 is 0 Å². The molecule has 168 valence electrons. The summed E-state index contributed by atoms with van der Waals surface area (Å²) in [6.45, 7) is 0. The molecule has 0 atom stereocenters. The van der Waals surface area contributed by atoms with E-state index in [0.29, 0.717) is 0 Å². The van der Waals surface area contributed by atoms with Crippen LogP contribution in [0.15, 0.2) is 0 Å². The minimum Gasteiger partial charge on any atom is -0.542 e. The van der Waals surface area contributed by atoms with E-state index in [9.17, 15) is 52.7 Å². The van der Waals surface area contributed by atoms with Crippen LogP contribution in [0.25, 0.3) is 0 Å². The van der Waals surface area contributed by atoms with Crippen LogP contribution in [0.3, 0.4) is 0 Å². The number of carbonyl (C=O) groups is 4. The maximum absolute atomic E-state index is 10.5. The summed E-state index contributed by atoms with van der Waals surface area (Å²) < 4.78 is 126. The van der Waals surface area contributed by atoms with Crippen LogP contribution in [0.1, 0.15) is 0 Å². The molecule has 0 radical (unpaired) electrons. The van der Waals surface area contributed by atoms with E-state index in [1.807, 2.05) is 0 Å².